The Kier molecular flexibility index (Phi) is 6.18. The molecule has 1 aromatic carbocycles. The fourth-order valence-corrected chi connectivity index (χ4v) is 5.93. The highest BCUT2D eigenvalue weighted by Crippen LogP contribution is 2.34. The van der Waals surface area contributed by atoms with Crippen LogP contribution >= 0.6 is 39.0 Å². The van der Waals surface area contributed by atoms with Crippen molar-refractivity contribution in [3.05, 3.63) is 60.9 Å². The molecular formula is C20H20BrN3O2S2. The molecule has 0 spiro atoms. The topological polar surface area (TPSA) is 74.8 Å². The van der Waals surface area contributed by atoms with Gasteiger partial charge in [0.1, 0.15) is 10.7 Å². The van der Waals surface area contributed by atoms with Crippen molar-refractivity contribution in [3.63, 3.8) is 0 Å². The summed E-state index contributed by atoms with van der Waals surface area (Å²) in [6, 6.07) is 8.01. The van der Waals surface area contributed by atoms with Gasteiger partial charge in [0, 0.05) is 15.9 Å². The van der Waals surface area contributed by atoms with Crippen LogP contribution in [0, 0.1) is 0 Å². The molecule has 1 amide bonds. The van der Waals surface area contributed by atoms with Crippen LogP contribution in [0.15, 0.2) is 33.5 Å². The summed E-state index contributed by atoms with van der Waals surface area (Å²) in [6.45, 7) is 0.601. The van der Waals surface area contributed by atoms with Crippen LogP contribution in [0.1, 0.15) is 28.2 Å². The molecule has 5 nitrogen and oxygen atoms in total. The van der Waals surface area contributed by atoms with E-state index in [0.717, 1.165) is 40.4 Å². The Bertz CT molecular complexity index is 1080. The maximum atomic E-state index is 12.4. The zero-order valence-electron chi connectivity index (χ0n) is 15.2. The van der Waals surface area contributed by atoms with Crippen molar-refractivity contribution in [2.75, 3.05) is 12.3 Å². The van der Waals surface area contributed by atoms with Crippen molar-refractivity contribution < 1.29 is 4.79 Å². The molecule has 146 valence electrons. The number of amides is 1. The van der Waals surface area contributed by atoms with Crippen molar-refractivity contribution in [3.8, 4) is 0 Å². The maximum absolute atomic E-state index is 12.4. The highest BCUT2D eigenvalue weighted by atomic mass is 79.9. The van der Waals surface area contributed by atoms with Gasteiger partial charge in [-0.2, -0.15) is 0 Å². The van der Waals surface area contributed by atoms with E-state index in [1.807, 2.05) is 24.3 Å². The van der Waals surface area contributed by atoms with Crippen molar-refractivity contribution in [2.45, 2.75) is 31.4 Å². The van der Waals surface area contributed by atoms with Gasteiger partial charge in [-0.3, -0.25) is 9.59 Å². The van der Waals surface area contributed by atoms with Gasteiger partial charge in [-0.15, -0.1) is 23.1 Å². The lowest BCUT2D eigenvalue weighted by Crippen LogP contribution is -2.27. The number of H-pyrrole nitrogens is 1. The average molecular weight is 478 g/mol. The van der Waals surface area contributed by atoms with Gasteiger partial charge in [0.2, 0.25) is 5.91 Å². The minimum atomic E-state index is -0.0436. The van der Waals surface area contributed by atoms with Gasteiger partial charge in [0.15, 0.2) is 0 Å². The number of aromatic nitrogens is 2. The third kappa shape index (κ3) is 4.34. The van der Waals surface area contributed by atoms with Gasteiger partial charge in [-0.1, -0.05) is 34.1 Å². The number of carbonyl (C=O) groups is 1. The summed E-state index contributed by atoms with van der Waals surface area (Å²) < 4.78 is 1.06. The molecule has 0 aliphatic heterocycles. The van der Waals surface area contributed by atoms with Crippen LogP contribution in [0.5, 0.6) is 0 Å². The van der Waals surface area contributed by atoms with Crippen molar-refractivity contribution in [1.82, 2.24) is 15.3 Å². The summed E-state index contributed by atoms with van der Waals surface area (Å²) in [5.41, 5.74) is 2.32. The number of aromatic amines is 1. The first-order chi connectivity index (χ1) is 13.6. The Balaban J connectivity index is 1.27. The number of hydrogen-bond donors (Lipinski definition) is 2. The average Bonchev–Trinajstić information content (AvgIpc) is 3.24. The molecule has 0 saturated heterocycles. The monoisotopic (exact) mass is 477 g/mol. The minimum absolute atomic E-state index is 0.00409. The summed E-state index contributed by atoms with van der Waals surface area (Å²) in [5.74, 6) is 1.50. The van der Waals surface area contributed by atoms with Gasteiger partial charge >= 0.3 is 0 Å². The molecule has 1 aliphatic carbocycles. The smallest absolute Gasteiger partial charge is 0.259 e. The number of aryl methyl sites for hydroxylation is 2. The van der Waals surface area contributed by atoms with Crippen LogP contribution in [-0.2, 0) is 29.8 Å². The highest BCUT2D eigenvalue weighted by molar-refractivity contribution is 9.10. The summed E-state index contributed by atoms with van der Waals surface area (Å²) in [7, 11) is 0. The van der Waals surface area contributed by atoms with Gasteiger partial charge in [0.25, 0.3) is 5.56 Å². The van der Waals surface area contributed by atoms with Crippen LogP contribution in [0.25, 0.3) is 10.2 Å². The molecule has 0 radical (unpaired) electrons. The van der Waals surface area contributed by atoms with E-state index in [1.54, 1.807) is 11.3 Å². The van der Waals surface area contributed by atoms with Crippen molar-refractivity contribution >= 4 is 55.2 Å². The second-order valence-electron chi connectivity index (χ2n) is 6.73. The van der Waals surface area contributed by atoms with Gasteiger partial charge in [0.05, 0.1) is 16.9 Å². The predicted octanol–water partition coefficient (Wildman–Crippen LogP) is 3.83. The standard InChI is InChI=1S/C20H20BrN3O2S2/c21-14-6-2-1-4-12(14)8-9-22-17(25)11-27-10-16-23-19(26)18-13-5-3-7-15(13)28-20(18)24-16/h1-2,4,6H,3,5,7-11H2,(H,22,25)(H,23,24,26). The number of hydrogen-bond acceptors (Lipinski definition) is 5. The highest BCUT2D eigenvalue weighted by Gasteiger charge is 2.21. The molecule has 0 bridgehead atoms. The van der Waals surface area contributed by atoms with Crippen LogP contribution in [0.4, 0.5) is 0 Å². The second kappa shape index (κ2) is 8.80. The lowest BCUT2D eigenvalue weighted by Gasteiger charge is -2.07. The van der Waals surface area contributed by atoms with Gasteiger partial charge in [-0.25, -0.2) is 4.98 Å². The molecule has 8 heteroatoms. The molecule has 0 atom stereocenters. The molecule has 4 rings (SSSR count). The van der Waals surface area contributed by atoms with Crippen molar-refractivity contribution in [2.24, 2.45) is 0 Å². The largest absolute Gasteiger partial charge is 0.355 e. The maximum Gasteiger partial charge on any atom is 0.259 e. The second-order valence-corrected chi connectivity index (χ2v) is 9.66. The van der Waals surface area contributed by atoms with Crippen molar-refractivity contribution in [1.29, 1.82) is 0 Å². The number of nitrogens with zero attached hydrogens (tertiary/aromatic N) is 1. The van der Waals surface area contributed by atoms with E-state index in [4.69, 9.17) is 0 Å². The number of thiophene rings is 1. The Morgan fingerprint density at radius 3 is 3.04 bits per heavy atom. The van der Waals surface area contributed by atoms with Crippen LogP contribution < -0.4 is 10.9 Å². The van der Waals surface area contributed by atoms with Gasteiger partial charge in [-0.05, 0) is 42.9 Å². The zero-order valence-corrected chi connectivity index (χ0v) is 18.4. The van der Waals surface area contributed by atoms with E-state index in [0.29, 0.717) is 23.9 Å². The number of rotatable bonds is 7. The Hall–Kier alpha value is -1.64. The molecular weight excluding hydrogens is 458 g/mol. The molecule has 2 aromatic heterocycles. The van der Waals surface area contributed by atoms with Crippen LogP contribution in [-0.4, -0.2) is 28.2 Å². The molecule has 3 aromatic rings. The summed E-state index contributed by atoms with van der Waals surface area (Å²) in [6.07, 6.45) is 3.95. The lowest BCUT2D eigenvalue weighted by molar-refractivity contribution is -0.118. The Morgan fingerprint density at radius 2 is 2.18 bits per heavy atom. The molecule has 2 N–H and O–H groups in total. The normalized spacial score (nSPS) is 13.0. The quantitative estimate of drug-likeness (QED) is 0.542. The molecule has 0 saturated carbocycles. The van der Waals surface area contributed by atoms with Gasteiger partial charge < -0.3 is 10.3 Å². The number of nitrogens with one attached hydrogen (secondary N) is 2. The summed E-state index contributed by atoms with van der Waals surface area (Å²) in [5, 5.41) is 3.71. The number of thioether (sulfide) groups is 1. The predicted molar refractivity (Wildman–Crippen MR) is 119 cm³/mol. The first-order valence-corrected chi connectivity index (χ1v) is 12.0. The van der Waals surface area contributed by atoms with Crippen LogP contribution in [0.3, 0.4) is 0 Å². The number of benzene rings is 1. The summed E-state index contributed by atoms with van der Waals surface area (Å²) >= 11 is 6.62. The first kappa shape index (κ1) is 19.7. The number of fused-ring (bicyclic) bond motifs is 3. The van der Waals surface area contributed by atoms with E-state index in [9.17, 15) is 9.59 Å². The number of carbonyl (C=O) groups excluding carboxylic acids is 1. The lowest BCUT2D eigenvalue weighted by atomic mass is 10.1. The Labute approximate surface area is 179 Å². The SMILES string of the molecule is O=C(CSCc1nc2sc3c(c2c(=O)[nH]1)CCC3)NCCc1ccccc1Br. The van der Waals surface area contributed by atoms with Crippen LogP contribution in [0.2, 0.25) is 0 Å². The fraction of sp³-hybridized carbons (Fsp3) is 0.350. The first-order valence-electron chi connectivity index (χ1n) is 9.23. The molecule has 0 unspecified atom stereocenters. The summed E-state index contributed by atoms with van der Waals surface area (Å²) in [4.78, 5) is 34.1. The third-order valence-electron chi connectivity index (χ3n) is 4.77. The molecule has 1 aliphatic rings. The third-order valence-corrected chi connectivity index (χ3v) is 7.67. The number of halogens is 1. The van der Waals surface area contributed by atoms with E-state index < -0.39 is 0 Å². The van der Waals surface area contributed by atoms with E-state index >= 15 is 0 Å². The molecule has 2 heterocycles. The Morgan fingerprint density at radius 1 is 1.32 bits per heavy atom. The van der Waals surface area contributed by atoms with E-state index in [-0.39, 0.29) is 11.5 Å². The zero-order chi connectivity index (χ0) is 19.5. The van der Waals surface area contributed by atoms with E-state index in [2.05, 4.69) is 31.2 Å². The molecule has 0 fully saturated rings. The molecule has 28 heavy (non-hydrogen) atoms. The minimum Gasteiger partial charge on any atom is -0.355 e. The van der Waals surface area contributed by atoms with E-state index in [1.165, 1.54) is 27.8 Å². The fourth-order valence-electron chi connectivity index (χ4n) is 3.44.